The molecule has 4 aromatic rings. The van der Waals surface area contributed by atoms with Crippen LogP contribution >= 0.6 is 11.6 Å². The van der Waals surface area contributed by atoms with Crippen molar-refractivity contribution in [3.8, 4) is 22.8 Å². The van der Waals surface area contributed by atoms with Gasteiger partial charge in [0.05, 0.1) is 12.7 Å². The third-order valence-electron chi connectivity index (χ3n) is 3.90. The van der Waals surface area contributed by atoms with E-state index in [1.54, 1.807) is 30.3 Å². The van der Waals surface area contributed by atoms with E-state index in [1.165, 1.54) is 11.6 Å². The minimum absolute atomic E-state index is 0.148. The lowest BCUT2D eigenvalue weighted by molar-refractivity contribution is 0.0601. The first-order valence-electron chi connectivity index (χ1n) is 7.99. The first-order valence-corrected chi connectivity index (χ1v) is 8.37. The Labute approximate surface area is 159 Å². The first kappa shape index (κ1) is 17.0. The van der Waals surface area contributed by atoms with Gasteiger partial charge >= 0.3 is 5.97 Å². The van der Waals surface area contributed by atoms with Crippen LogP contribution in [0.3, 0.4) is 0 Å². The maximum atomic E-state index is 11.8. The van der Waals surface area contributed by atoms with Crippen LogP contribution in [0.1, 0.15) is 10.4 Å². The third kappa shape index (κ3) is 3.32. The van der Waals surface area contributed by atoms with Crippen LogP contribution in [0.25, 0.3) is 16.8 Å². The summed E-state index contributed by atoms with van der Waals surface area (Å²) in [5, 5.41) is 12.1. The predicted molar refractivity (Wildman–Crippen MR) is 99.1 cm³/mol. The normalized spacial score (nSPS) is 10.7. The van der Waals surface area contributed by atoms with E-state index < -0.39 is 5.97 Å². The molecular weight excluding hydrogens is 368 g/mol. The van der Waals surface area contributed by atoms with Crippen LogP contribution in [-0.2, 0) is 4.74 Å². The lowest BCUT2D eigenvalue weighted by atomic mass is 10.0. The molecular formula is C19H13ClN4O3. The molecule has 2 aromatic heterocycles. The van der Waals surface area contributed by atoms with E-state index in [9.17, 15) is 4.79 Å². The van der Waals surface area contributed by atoms with E-state index in [0.717, 1.165) is 11.1 Å². The number of para-hydroxylation sites is 1. The van der Waals surface area contributed by atoms with Gasteiger partial charge in [-0.3, -0.25) is 0 Å². The van der Waals surface area contributed by atoms with Crippen molar-refractivity contribution in [1.82, 2.24) is 19.8 Å². The fourth-order valence-electron chi connectivity index (χ4n) is 2.64. The van der Waals surface area contributed by atoms with Crippen molar-refractivity contribution in [2.24, 2.45) is 0 Å². The molecule has 0 saturated heterocycles. The fourth-order valence-corrected chi connectivity index (χ4v) is 2.80. The number of nitrogens with zero attached hydrogens (tertiary/aromatic N) is 4. The Morgan fingerprint density at radius 1 is 1.04 bits per heavy atom. The Morgan fingerprint density at radius 3 is 2.74 bits per heavy atom. The van der Waals surface area contributed by atoms with Crippen molar-refractivity contribution in [2.45, 2.75) is 0 Å². The number of carbonyl (C=O) groups is 1. The molecule has 4 rings (SSSR count). The van der Waals surface area contributed by atoms with Crippen molar-refractivity contribution in [1.29, 1.82) is 0 Å². The van der Waals surface area contributed by atoms with Gasteiger partial charge < -0.3 is 9.47 Å². The molecule has 0 radical (unpaired) electrons. The van der Waals surface area contributed by atoms with E-state index in [2.05, 4.69) is 15.3 Å². The zero-order chi connectivity index (χ0) is 18.8. The van der Waals surface area contributed by atoms with Crippen molar-refractivity contribution < 1.29 is 14.3 Å². The zero-order valence-corrected chi connectivity index (χ0v) is 14.9. The molecule has 0 aliphatic rings. The summed E-state index contributed by atoms with van der Waals surface area (Å²) in [6.45, 7) is 0. The van der Waals surface area contributed by atoms with Crippen LogP contribution in [0.15, 0.2) is 60.7 Å². The minimum atomic E-state index is -0.399. The second-order valence-electron chi connectivity index (χ2n) is 5.58. The van der Waals surface area contributed by atoms with Crippen LogP contribution in [-0.4, -0.2) is 32.9 Å². The molecule has 0 fully saturated rings. The van der Waals surface area contributed by atoms with Gasteiger partial charge in [0, 0.05) is 11.6 Å². The molecule has 0 aliphatic carbocycles. The summed E-state index contributed by atoms with van der Waals surface area (Å²) in [7, 11) is 1.35. The molecule has 27 heavy (non-hydrogen) atoms. The van der Waals surface area contributed by atoms with Crippen molar-refractivity contribution >= 4 is 23.2 Å². The average Bonchev–Trinajstić information content (AvgIpc) is 3.08. The van der Waals surface area contributed by atoms with Crippen molar-refractivity contribution in [2.75, 3.05) is 7.11 Å². The molecule has 2 heterocycles. The van der Waals surface area contributed by atoms with Gasteiger partial charge in [-0.1, -0.05) is 30.3 Å². The number of esters is 1. The lowest BCUT2D eigenvalue weighted by Crippen LogP contribution is -2.01. The summed E-state index contributed by atoms with van der Waals surface area (Å²) in [5.74, 6) is 0.515. The number of fused-ring (bicyclic) bond motifs is 1. The summed E-state index contributed by atoms with van der Waals surface area (Å²) < 4.78 is 12.1. The van der Waals surface area contributed by atoms with E-state index in [-0.39, 0.29) is 5.28 Å². The number of ether oxygens (including phenoxy) is 2. The molecule has 7 nitrogen and oxygen atoms in total. The summed E-state index contributed by atoms with van der Waals surface area (Å²) in [5.41, 5.74) is 2.60. The van der Waals surface area contributed by atoms with Crippen LogP contribution in [0.5, 0.6) is 11.6 Å². The van der Waals surface area contributed by atoms with Gasteiger partial charge in [-0.2, -0.15) is 4.52 Å². The topological polar surface area (TPSA) is 78.6 Å². The highest BCUT2D eigenvalue weighted by atomic mass is 35.5. The monoisotopic (exact) mass is 380 g/mol. The van der Waals surface area contributed by atoms with Gasteiger partial charge in [0.25, 0.3) is 0 Å². The molecule has 0 aliphatic heterocycles. The second-order valence-corrected chi connectivity index (χ2v) is 5.92. The summed E-state index contributed by atoms with van der Waals surface area (Å²) >= 11 is 5.96. The van der Waals surface area contributed by atoms with Gasteiger partial charge in [-0.05, 0) is 41.4 Å². The predicted octanol–water partition coefficient (Wildman–Crippen LogP) is 4.02. The van der Waals surface area contributed by atoms with Gasteiger partial charge in [0.15, 0.2) is 5.65 Å². The van der Waals surface area contributed by atoms with Crippen molar-refractivity contribution in [3.63, 3.8) is 0 Å². The molecule has 8 heteroatoms. The second kappa shape index (κ2) is 7.05. The number of methoxy groups -OCH3 is 1. The zero-order valence-electron chi connectivity index (χ0n) is 14.2. The largest absolute Gasteiger partial charge is 0.465 e. The maximum Gasteiger partial charge on any atom is 0.337 e. The molecule has 0 N–H and O–H groups in total. The van der Waals surface area contributed by atoms with E-state index in [0.29, 0.717) is 22.8 Å². The molecule has 0 spiro atoms. The highest BCUT2D eigenvalue weighted by Gasteiger charge is 2.12. The quantitative estimate of drug-likeness (QED) is 0.497. The van der Waals surface area contributed by atoms with Crippen LogP contribution in [0.4, 0.5) is 0 Å². The Hall–Kier alpha value is -3.45. The Bertz CT molecular complexity index is 1140. The van der Waals surface area contributed by atoms with E-state index >= 15 is 0 Å². The molecule has 0 saturated carbocycles. The summed E-state index contributed by atoms with van der Waals surface area (Å²) in [6, 6.07) is 18.0. The van der Waals surface area contributed by atoms with E-state index in [4.69, 9.17) is 21.1 Å². The van der Waals surface area contributed by atoms with Gasteiger partial charge in [0.1, 0.15) is 5.75 Å². The molecule has 0 atom stereocenters. The molecule has 0 amide bonds. The standard InChI is InChI=1S/C19H13ClN4O3/c1-26-18(25)13-6-4-5-12(11-13)14-7-2-3-8-15(14)27-17-10-9-16-21-22-19(20)24(16)23-17/h2-11H,1H3. The highest BCUT2D eigenvalue weighted by molar-refractivity contribution is 6.28. The number of benzene rings is 2. The van der Waals surface area contributed by atoms with Crippen molar-refractivity contribution in [3.05, 3.63) is 71.5 Å². The number of aromatic nitrogens is 4. The molecule has 2 aromatic carbocycles. The number of rotatable bonds is 4. The number of halogens is 1. The van der Waals surface area contributed by atoms with Gasteiger partial charge in [0.2, 0.25) is 11.2 Å². The molecule has 0 bridgehead atoms. The summed E-state index contributed by atoms with van der Waals surface area (Å²) in [4.78, 5) is 11.8. The smallest absolute Gasteiger partial charge is 0.337 e. The Balaban J connectivity index is 1.72. The number of hydrogen-bond acceptors (Lipinski definition) is 6. The first-order chi connectivity index (χ1) is 13.2. The maximum absolute atomic E-state index is 11.8. The number of hydrogen-bond donors (Lipinski definition) is 0. The molecule has 0 unspecified atom stereocenters. The fraction of sp³-hybridized carbons (Fsp3) is 0.0526. The van der Waals surface area contributed by atoms with E-state index in [1.807, 2.05) is 30.3 Å². The minimum Gasteiger partial charge on any atom is -0.465 e. The number of carbonyl (C=O) groups excluding carboxylic acids is 1. The van der Waals surface area contributed by atoms with Gasteiger partial charge in [-0.15, -0.1) is 15.3 Å². The highest BCUT2D eigenvalue weighted by Crippen LogP contribution is 2.33. The summed E-state index contributed by atoms with van der Waals surface area (Å²) in [6.07, 6.45) is 0. The van der Waals surface area contributed by atoms with Crippen LogP contribution < -0.4 is 4.74 Å². The van der Waals surface area contributed by atoms with Crippen LogP contribution in [0.2, 0.25) is 5.28 Å². The third-order valence-corrected chi connectivity index (χ3v) is 4.13. The lowest BCUT2D eigenvalue weighted by Gasteiger charge is -2.11. The SMILES string of the molecule is COC(=O)c1cccc(-c2ccccc2Oc2ccc3nnc(Cl)n3n2)c1. The Kier molecular flexibility index (Phi) is 4.43. The molecule has 134 valence electrons. The Morgan fingerprint density at radius 2 is 1.89 bits per heavy atom. The van der Waals surface area contributed by atoms with Gasteiger partial charge in [-0.25, -0.2) is 4.79 Å². The van der Waals surface area contributed by atoms with Crippen LogP contribution in [0, 0.1) is 0 Å². The average molecular weight is 381 g/mol.